The van der Waals surface area contributed by atoms with E-state index in [-0.39, 0.29) is 5.91 Å². The summed E-state index contributed by atoms with van der Waals surface area (Å²) in [6, 6.07) is 10.8. The predicted octanol–water partition coefficient (Wildman–Crippen LogP) is 2.74. The van der Waals surface area contributed by atoms with Crippen LogP contribution in [0.5, 0.6) is 0 Å². The van der Waals surface area contributed by atoms with E-state index in [1.165, 1.54) is 0 Å². The molecule has 1 N–H and O–H groups in total. The van der Waals surface area contributed by atoms with Gasteiger partial charge in [0.25, 0.3) is 5.91 Å². The number of pyridine rings is 1. The van der Waals surface area contributed by atoms with Crippen LogP contribution in [0.3, 0.4) is 0 Å². The summed E-state index contributed by atoms with van der Waals surface area (Å²) in [5.41, 5.74) is 2.10. The highest BCUT2D eigenvalue weighted by molar-refractivity contribution is 6.30. The molecule has 1 fully saturated rings. The van der Waals surface area contributed by atoms with E-state index in [4.69, 9.17) is 11.6 Å². The molecule has 1 aromatic heterocycles. The summed E-state index contributed by atoms with van der Waals surface area (Å²) in [4.78, 5) is 21.1. The highest BCUT2D eigenvalue weighted by atomic mass is 35.5. The molecule has 2 aromatic rings. The minimum Gasteiger partial charge on any atom is -0.368 e. The Morgan fingerprint density at radius 3 is 2.61 bits per heavy atom. The molecule has 6 heteroatoms. The standard InChI is InChI=1S/C17H19ClN4O/c1-21-7-9-22(10-8-21)15-5-6-16(19-12-15)17(23)20-14-4-2-3-13(18)11-14/h2-6,11-12H,7-10H2,1H3,(H,20,23). The molecule has 0 saturated carbocycles. The number of benzene rings is 1. The van der Waals surface area contributed by atoms with Crippen molar-refractivity contribution < 1.29 is 4.79 Å². The number of carbonyl (C=O) groups excluding carboxylic acids is 1. The number of carbonyl (C=O) groups is 1. The van der Waals surface area contributed by atoms with Gasteiger partial charge in [-0.25, -0.2) is 4.98 Å². The van der Waals surface area contributed by atoms with E-state index in [9.17, 15) is 4.79 Å². The summed E-state index contributed by atoms with van der Waals surface area (Å²) < 4.78 is 0. The van der Waals surface area contributed by atoms with Gasteiger partial charge in [0.1, 0.15) is 5.69 Å². The van der Waals surface area contributed by atoms with Crippen LogP contribution in [-0.4, -0.2) is 49.0 Å². The molecule has 5 nitrogen and oxygen atoms in total. The number of aromatic nitrogens is 1. The van der Waals surface area contributed by atoms with Gasteiger partial charge in [-0.1, -0.05) is 17.7 Å². The molecule has 0 spiro atoms. The molecular formula is C17H19ClN4O. The summed E-state index contributed by atoms with van der Waals surface area (Å²) in [7, 11) is 2.12. The zero-order valence-corrected chi connectivity index (χ0v) is 13.8. The van der Waals surface area contributed by atoms with Crippen LogP contribution >= 0.6 is 11.6 Å². The Balaban J connectivity index is 1.65. The molecule has 1 aromatic carbocycles. The summed E-state index contributed by atoms with van der Waals surface area (Å²) in [6.45, 7) is 4.03. The van der Waals surface area contributed by atoms with Crippen LogP contribution in [-0.2, 0) is 0 Å². The van der Waals surface area contributed by atoms with Crippen LogP contribution in [0.15, 0.2) is 42.6 Å². The molecule has 1 amide bonds. The molecule has 120 valence electrons. The van der Waals surface area contributed by atoms with Crippen LogP contribution in [0.2, 0.25) is 5.02 Å². The second-order valence-electron chi connectivity index (χ2n) is 5.66. The van der Waals surface area contributed by atoms with E-state index in [1.807, 2.05) is 6.07 Å². The SMILES string of the molecule is CN1CCN(c2ccc(C(=O)Nc3cccc(Cl)c3)nc2)CC1. The van der Waals surface area contributed by atoms with E-state index in [0.29, 0.717) is 16.4 Å². The van der Waals surface area contributed by atoms with Gasteiger partial charge in [-0.15, -0.1) is 0 Å². The van der Waals surface area contributed by atoms with Crippen molar-refractivity contribution in [2.45, 2.75) is 0 Å². The monoisotopic (exact) mass is 330 g/mol. The Morgan fingerprint density at radius 2 is 1.96 bits per heavy atom. The van der Waals surface area contributed by atoms with Gasteiger partial charge in [0.05, 0.1) is 11.9 Å². The fourth-order valence-corrected chi connectivity index (χ4v) is 2.72. The number of halogens is 1. The van der Waals surface area contributed by atoms with E-state index < -0.39 is 0 Å². The Bertz CT molecular complexity index is 681. The van der Waals surface area contributed by atoms with Gasteiger partial charge >= 0.3 is 0 Å². The average Bonchev–Trinajstić information content (AvgIpc) is 2.56. The van der Waals surface area contributed by atoms with E-state index in [2.05, 4.69) is 27.1 Å². The van der Waals surface area contributed by atoms with Crippen molar-refractivity contribution in [3.8, 4) is 0 Å². The molecule has 0 unspecified atom stereocenters. The summed E-state index contributed by atoms with van der Waals surface area (Å²) in [5.74, 6) is -0.239. The van der Waals surface area contributed by atoms with E-state index in [1.54, 1.807) is 36.5 Å². The van der Waals surface area contributed by atoms with E-state index in [0.717, 1.165) is 31.9 Å². The number of rotatable bonds is 3. The van der Waals surface area contributed by atoms with Gasteiger partial charge in [-0.2, -0.15) is 0 Å². The summed E-state index contributed by atoms with van der Waals surface area (Å²) in [5, 5.41) is 3.38. The number of likely N-dealkylation sites (N-methyl/N-ethyl adjacent to an activating group) is 1. The molecule has 23 heavy (non-hydrogen) atoms. The number of hydrogen-bond acceptors (Lipinski definition) is 4. The molecule has 0 bridgehead atoms. The highest BCUT2D eigenvalue weighted by Crippen LogP contribution is 2.17. The minimum atomic E-state index is -0.239. The first-order valence-corrected chi connectivity index (χ1v) is 7.96. The molecule has 1 saturated heterocycles. The maximum absolute atomic E-state index is 12.2. The molecule has 2 heterocycles. The number of piperazine rings is 1. The first-order chi connectivity index (χ1) is 11.1. The lowest BCUT2D eigenvalue weighted by Gasteiger charge is -2.33. The Kier molecular flexibility index (Phi) is 4.79. The number of amides is 1. The minimum absolute atomic E-state index is 0.239. The normalized spacial score (nSPS) is 15.5. The van der Waals surface area contributed by atoms with Gasteiger partial charge in [0.15, 0.2) is 0 Å². The van der Waals surface area contributed by atoms with Gasteiger partial charge in [0.2, 0.25) is 0 Å². The first kappa shape index (κ1) is 15.8. The fraction of sp³-hybridized carbons (Fsp3) is 0.294. The maximum Gasteiger partial charge on any atom is 0.274 e. The third kappa shape index (κ3) is 4.00. The Labute approximate surface area is 140 Å². The number of hydrogen-bond donors (Lipinski definition) is 1. The van der Waals surface area contributed by atoms with Crippen LogP contribution < -0.4 is 10.2 Å². The van der Waals surface area contributed by atoms with Crippen LogP contribution in [0.4, 0.5) is 11.4 Å². The van der Waals surface area contributed by atoms with Gasteiger partial charge in [-0.05, 0) is 37.4 Å². The molecule has 3 rings (SSSR count). The number of anilines is 2. The van der Waals surface area contributed by atoms with Crippen molar-refractivity contribution in [3.05, 3.63) is 53.3 Å². The third-order valence-electron chi connectivity index (χ3n) is 3.93. The molecule has 1 aliphatic rings. The number of nitrogens with zero attached hydrogens (tertiary/aromatic N) is 3. The molecule has 0 atom stereocenters. The molecule has 0 aliphatic carbocycles. The number of nitrogens with one attached hydrogen (secondary N) is 1. The van der Waals surface area contributed by atoms with Gasteiger partial charge < -0.3 is 15.1 Å². The highest BCUT2D eigenvalue weighted by Gasteiger charge is 2.15. The lowest BCUT2D eigenvalue weighted by molar-refractivity contribution is 0.102. The lowest BCUT2D eigenvalue weighted by Crippen LogP contribution is -2.44. The smallest absolute Gasteiger partial charge is 0.274 e. The summed E-state index contributed by atoms with van der Waals surface area (Å²) in [6.07, 6.45) is 1.76. The Morgan fingerprint density at radius 1 is 1.17 bits per heavy atom. The zero-order valence-electron chi connectivity index (χ0n) is 13.0. The van der Waals surface area contributed by atoms with Crippen molar-refractivity contribution in [1.29, 1.82) is 0 Å². The third-order valence-corrected chi connectivity index (χ3v) is 4.17. The van der Waals surface area contributed by atoms with Gasteiger partial charge in [0, 0.05) is 36.9 Å². The quantitative estimate of drug-likeness (QED) is 0.940. The first-order valence-electron chi connectivity index (χ1n) is 7.58. The fourth-order valence-electron chi connectivity index (χ4n) is 2.53. The topological polar surface area (TPSA) is 48.5 Å². The van der Waals surface area contributed by atoms with Crippen molar-refractivity contribution in [2.24, 2.45) is 0 Å². The van der Waals surface area contributed by atoms with Crippen molar-refractivity contribution in [2.75, 3.05) is 43.4 Å². The summed E-state index contributed by atoms with van der Waals surface area (Å²) >= 11 is 5.92. The van der Waals surface area contributed by atoms with Crippen molar-refractivity contribution in [3.63, 3.8) is 0 Å². The lowest BCUT2D eigenvalue weighted by atomic mass is 10.2. The largest absolute Gasteiger partial charge is 0.368 e. The van der Waals surface area contributed by atoms with Crippen molar-refractivity contribution >= 4 is 28.9 Å². The second-order valence-corrected chi connectivity index (χ2v) is 6.09. The van der Waals surface area contributed by atoms with Crippen LogP contribution in [0.25, 0.3) is 0 Å². The molecule has 0 radical (unpaired) electrons. The zero-order chi connectivity index (χ0) is 16.2. The maximum atomic E-state index is 12.2. The van der Waals surface area contributed by atoms with Crippen molar-refractivity contribution in [1.82, 2.24) is 9.88 Å². The molecule has 1 aliphatic heterocycles. The second kappa shape index (κ2) is 6.98. The Hall–Kier alpha value is -2.11. The average molecular weight is 331 g/mol. The molecular weight excluding hydrogens is 312 g/mol. The van der Waals surface area contributed by atoms with Crippen LogP contribution in [0.1, 0.15) is 10.5 Å². The van der Waals surface area contributed by atoms with E-state index >= 15 is 0 Å². The predicted molar refractivity (Wildman–Crippen MR) is 93.4 cm³/mol. The van der Waals surface area contributed by atoms with Gasteiger partial charge in [-0.3, -0.25) is 4.79 Å². The van der Waals surface area contributed by atoms with Crippen LogP contribution in [0, 0.1) is 0 Å².